The lowest BCUT2D eigenvalue weighted by Crippen LogP contribution is -1.92. The van der Waals surface area contributed by atoms with Gasteiger partial charge in [-0.15, -0.1) is 0 Å². The number of hydrogen-bond acceptors (Lipinski definition) is 1. The molecule has 0 spiro atoms. The van der Waals surface area contributed by atoms with E-state index >= 15 is 0 Å². The topological polar surface area (TPSA) is 20.2 Å². The summed E-state index contributed by atoms with van der Waals surface area (Å²) in [6, 6.07) is 24.4. The van der Waals surface area contributed by atoms with Gasteiger partial charge in [-0.05, 0) is 64.6 Å². The Morgan fingerprint density at radius 1 is 0.667 bits per heavy atom. The van der Waals surface area contributed by atoms with Gasteiger partial charge in [0.05, 0.1) is 0 Å². The highest BCUT2D eigenvalue weighted by Crippen LogP contribution is 2.30. The fraction of sp³-hybridized carbons (Fsp3) is 0.308. The average Bonchev–Trinajstić information content (AvgIpc) is 2.73. The second kappa shape index (κ2) is 9.53. The lowest BCUT2D eigenvalue weighted by atomic mass is 9.92. The van der Waals surface area contributed by atoms with Crippen molar-refractivity contribution >= 4 is 0 Å². The van der Waals surface area contributed by atoms with Gasteiger partial charge in [0, 0.05) is 6.61 Å². The normalized spacial score (nSPS) is 10.9. The molecule has 0 aliphatic carbocycles. The third kappa shape index (κ3) is 4.87. The Bertz CT molecular complexity index is 844. The molecule has 140 valence electrons. The van der Waals surface area contributed by atoms with E-state index in [1.54, 1.807) is 0 Å². The summed E-state index contributed by atoms with van der Waals surface area (Å²) in [5.41, 5.74) is 9.10. The Hall–Kier alpha value is -2.38. The van der Waals surface area contributed by atoms with Gasteiger partial charge in [-0.25, -0.2) is 0 Å². The summed E-state index contributed by atoms with van der Waals surface area (Å²) in [5.74, 6) is 0. The van der Waals surface area contributed by atoms with E-state index < -0.39 is 0 Å². The highest BCUT2D eigenvalue weighted by Gasteiger charge is 2.07. The van der Waals surface area contributed by atoms with E-state index in [-0.39, 0.29) is 6.61 Å². The second-order valence-corrected chi connectivity index (χ2v) is 7.20. The molecule has 0 unspecified atom stereocenters. The van der Waals surface area contributed by atoms with Crippen LogP contribution in [0.3, 0.4) is 0 Å². The number of aliphatic hydroxyl groups is 1. The van der Waals surface area contributed by atoms with Crippen LogP contribution in [0, 0.1) is 0 Å². The van der Waals surface area contributed by atoms with E-state index in [9.17, 15) is 0 Å². The molecule has 0 fully saturated rings. The van der Waals surface area contributed by atoms with Crippen molar-refractivity contribution in [1.82, 2.24) is 0 Å². The molecule has 0 heterocycles. The zero-order chi connectivity index (χ0) is 19.1. The minimum Gasteiger partial charge on any atom is -0.396 e. The lowest BCUT2D eigenvalue weighted by molar-refractivity contribution is 0.299. The summed E-state index contributed by atoms with van der Waals surface area (Å²) in [7, 11) is 0. The molecule has 0 aromatic heterocycles. The molecule has 0 radical (unpaired) electrons. The Morgan fingerprint density at radius 2 is 1.26 bits per heavy atom. The molecule has 1 heteroatoms. The van der Waals surface area contributed by atoms with Crippen LogP contribution < -0.4 is 0 Å². The minimum absolute atomic E-state index is 0.200. The van der Waals surface area contributed by atoms with Crippen LogP contribution >= 0.6 is 0 Å². The van der Waals surface area contributed by atoms with Gasteiger partial charge in [0.15, 0.2) is 0 Å². The highest BCUT2D eigenvalue weighted by molar-refractivity contribution is 5.74. The highest BCUT2D eigenvalue weighted by atomic mass is 16.2. The van der Waals surface area contributed by atoms with Crippen LogP contribution in [0.2, 0.25) is 0 Å². The summed E-state index contributed by atoms with van der Waals surface area (Å²) < 4.78 is 0. The maximum absolute atomic E-state index is 9.09. The average molecular weight is 359 g/mol. The molecule has 0 amide bonds. The first-order valence-corrected chi connectivity index (χ1v) is 10.2. The summed E-state index contributed by atoms with van der Waals surface area (Å²) >= 11 is 0. The molecule has 0 saturated carbocycles. The Morgan fingerprint density at radius 3 is 1.85 bits per heavy atom. The van der Waals surface area contributed by atoms with Crippen molar-refractivity contribution in [3.8, 4) is 22.3 Å². The van der Waals surface area contributed by atoms with Crippen LogP contribution in [-0.2, 0) is 19.3 Å². The van der Waals surface area contributed by atoms with Crippen molar-refractivity contribution in [3.05, 3.63) is 83.4 Å². The molecule has 1 N–H and O–H groups in total. The SMILES string of the molecule is CCCCc1ccc(-c2ccc(-c3ccc(CCO)cc3)c(CC)c2)cc1. The minimum atomic E-state index is 0.200. The van der Waals surface area contributed by atoms with Crippen molar-refractivity contribution in [2.75, 3.05) is 6.61 Å². The molecule has 0 atom stereocenters. The second-order valence-electron chi connectivity index (χ2n) is 7.20. The van der Waals surface area contributed by atoms with E-state index in [1.807, 2.05) is 0 Å². The molecule has 27 heavy (non-hydrogen) atoms. The third-order valence-corrected chi connectivity index (χ3v) is 5.26. The summed E-state index contributed by atoms with van der Waals surface area (Å²) in [4.78, 5) is 0. The predicted octanol–water partition coefficient (Wildman–Crippen LogP) is 6.46. The van der Waals surface area contributed by atoms with Crippen LogP contribution in [0.1, 0.15) is 43.4 Å². The quantitative estimate of drug-likeness (QED) is 0.490. The van der Waals surface area contributed by atoms with E-state index in [1.165, 1.54) is 58.2 Å². The first-order valence-electron chi connectivity index (χ1n) is 10.2. The standard InChI is InChI=1S/C26H30O/c1-3-5-6-20-7-11-23(12-8-20)25-15-16-26(22(4-2)19-25)24-13-9-21(10-14-24)17-18-27/h7-16,19,27H,3-6,17-18H2,1-2H3. The predicted molar refractivity (Wildman–Crippen MR) is 116 cm³/mol. The third-order valence-electron chi connectivity index (χ3n) is 5.26. The summed E-state index contributed by atoms with van der Waals surface area (Å²) in [6.07, 6.45) is 5.39. The number of rotatable bonds is 8. The Labute approximate surface area is 163 Å². The number of aliphatic hydroxyl groups excluding tert-OH is 1. The van der Waals surface area contributed by atoms with Crippen LogP contribution in [0.5, 0.6) is 0 Å². The van der Waals surface area contributed by atoms with Crippen molar-refractivity contribution in [2.24, 2.45) is 0 Å². The monoisotopic (exact) mass is 358 g/mol. The van der Waals surface area contributed by atoms with Crippen molar-refractivity contribution < 1.29 is 5.11 Å². The maximum atomic E-state index is 9.09. The van der Waals surface area contributed by atoms with Crippen molar-refractivity contribution in [3.63, 3.8) is 0 Å². The molecule has 0 bridgehead atoms. The fourth-order valence-corrected chi connectivity index (χ4v) is 3.57. The first-order chi connectivity index (χ1) is 13.2. The Kier molecular flexibility index (Phi) is 6.84. The maximum Gasteiger partial charge on any atom is 0.0471 e. The van der Waals surface area contributed by atoms with Gasteiger partial charge in [-0.1, -0.05) is 87.0 Å². The molecule has 0 saturated heterocycles. The fourth-order valence-electron chi connectivity index (χ4n) is 3.57. The van der Waals surface area contributed by atoms with Crippen molar-refractivity contribution in [2.45, 2.75) is 46.0 Å². The number of unbranched alkanes of at least 4 members (excludes halogenated alkanes) is 1. The van der Waals surface area contributed by atoms with E-state index in [0.29, 0.717) is 6.42 Å². The Balaban J connectivity index is 1.85. The van der Waals surface area contributed by atoms with Crippen LogP contribution in [-0.4, -0.2) is 11.7 Å². The number of benzene rings is 3. The summed E-state index contributed by atoms with van der Waals surface area (Å²) in [6.45, 7) is 4.66. The van der Waals surface area contributed by atoms with Gasteiger partial charge in [0.25, 0.3) is 0 Å². The molecule has 0 aliphatic heterocycles. The van der Waals surface area contributed by atoms with Crippen LogP contribution in [0.4, 0.5) is 0 Å². The number of hydrogen-bond donors (Lipinski definition) is 1. The van der Waals surface area contributed by atoms with Gasteiger partial charge in [-0.2, -0.15) is 0 Å². The van der Waals surface area contributed by atoms with Gasteiger partial charge >= 0.3 is 0 Å². The van der Waals surface area contributed by atoms with E-state index in [4.69, 9.17) is 5.11 Å². The summed E-state index contributed by atoms with van der Waals surface area (Å²) in [5, 5.41) is 9.09. The molecular weight excluding hydrogens is 328 g/mol. The molecule has 3 aromatic carbocycles. The molecule has 0 aliphatic rings. The van der Waals surface area contributed by atoms with E-state index in [0.717, 1.165) is 6.42 Å². The largest absolute Gasteiger partial charge is 0.396 e. The first kappa shape index (κ1) is 19.4. The van der Waals surface area contributed by atoms with Crippen LogP contribution in [0.15, 0.2) is 66.7 Å². The smallest absolute Gasteiger partial charge is 0.0471 e. The molecular formula is C26H30O. The van der Waals surface area contributed by atoms with Gasteiger partial charge in [0.2, 0.25) is 0 Å². The zero-order valence-electron chi connectivity index (χ0n) is 16.5. The zero-order valence-corrected chi connectivity index (χ0v) is 16.5. The number of aryl methyl sites for hydroxylation is 2. The molecule has 3 aromatic rings. The molecule has 1 nitrogen and oxygen atoms in total. The van der Waals surface area contributed by atoms with Gasteiger partial charge in [-0.3, -0.25) is 0 Å². The van der Waals surface area contributed by atoms with Gasteiger partial charge < -0.3 is 5.11 Å². The van der Waals surface area contributed by atoms with Crippen LogP contribution in [0.25, 0.3) is 22.3 Å². The van der Waals surface area contributed by atoms with Crippen molar-refractivity contribution in [1.29, 1.82) is 0 Å². The molecule has 3 rings (SSSR count). The lowest BCUT2D eigenvalue weighted by Gasteiger charge is -2.12. The van der Waals surface area contributed by atoms with E-state index in [2.05, 4.69) is 80.6 Å². The van der Waals surface area contributed by atoms with Gasteiger partial charge in [0.1, 0.15) is 0 Å².